The molecule has 0 aromatic heterocycles. The van der Waals surface area contributed by atoms with Gasteiger partial charge < -0.3 is 10.4 Å². The van der Waals surface area contributed by atoms with Crippen LogP contribution in [0.1, 0.15) is 0 Å². The van der Waals surface area contributed by atoms with Gasteiger partial charge in [0.15, 0.2) is 17.5 Å². The lowest BCUT2D eigenvalue weighted by Crippen LogP contribution is -2.53. The predicted octanol–water partition coefficient (Wildman–Crippen LogP) is 0.719. The molecule has 0 unspecified atom stereocenters. The minimum atomic E-state index is -1.62. The van der Waals surface area contributed by atoms with Crippen molar-refractivity contribution in [3.63, 3.8) is 0 Å². The number of β-amino-alcohol motifs (C(OH)–C–C–N with tert-alkyl or cyclic N) is 1. The number of rotatable bonds is 3. The van der Waals surface area contributed by atoms with Crippen molar-refractivity contribution in [2.45, 2.75) is 6.10 Å². The minimum absolute atomic E-state index is 0.0322. The van der Waals surface area contributed by atoms with E-state index in [0.29, 0.717) is 13.1 Å². The second-order valence-corrected chi connectivity index (χ2v) is 4.12. The zero-order valence-corrected chi connectivity index (χ0v) is 9.29. The van der Waals surface area contributed by atoms with Gasteiger partial charge in [-0.1, -0.05) is 0 Å². The summed E-state index contributed by atoms with van der Waals surface area (Å²) < 4.78 is 38.8. The molecule has 1 aliphatic heterocycles. The van der Waals surface area contributed by atoms with Gasteiger partial charge in [-0.15, -0.1) is 0 Å². The molecule has 7 heteroatoms. The van der Waals surface area contributed by atoms with Crippen molar-refractivity contribution < 1.29 is 23.1 Å². The summed E-state index contributed by atoms with van der Waals surface area (Å²) in [5.41, 5.74) is -0.403. The number of aliphatic hydroxyl groups is 1. The number of anilines is 1. The molecule has 0 spiro atoms. The van der Waals surface area contributed by atoms with Crippen LogP contribution in [0.3, 0.4) is 0 Å². The van der Waals surface area contributed by atoms with Crippen LogP contribution in [0.25, 0.3) is 0 Å². The Kier molecular flexibility index (Phi) is 3.53. The quantitative estimate of drug-likeness (QED) is 0.787. The summed E-state index contributed by atoms with van der Waals surface area (Å²) in [4.78, 5) is 13.1. The van der Waals surface area contributed by atoms with Crippen LogP contribution in [0, 0.1) is 17.5 Å². The van der Waals surface area contributed by atoms with E-state index in [-0.39, 0.29) is 6.54 Å². The number of hydrogen-bond donors (Lipinski definition) is 2. The zero-order valence-electron chi connectivity index (χ0n) is 9.29. The fraction of sp³-hybridized carbons (Fsp3) is 0.364. The molecular formula is C11H11F3N2O2. The van der Waals surface area contributed by atoms with E-state index >= 15 is 0 Å². The van der Waals surface area contributed by atoms with Crippen LogP contribution in [0.2, 0.25) is 0 Å². The van der Waals surface area contributed by atoms with Crippen molar-refractivity contribution in [3.05, 3.63) is 29.6 Å². The maximum Gasteiger partial charge on any atom is 0.238 e. The van der Waals surface area contributed by atoms with Crippen LogP contribution in [-0.2, 0) is 4.79 Å². The third-order valence-electron chi connectivity index (χ3n) is 2.61. The second kappa shape index (κ2) is 4.95. The van der Waals surface area contributed by atoms with Crippen molar-refractivity contribution in [2.75, 3.05) is 25.0 Å². The van der Waals surface area contributed by atoms with Crippen molar-refractivity contribution in [1.82, 2.24) is 4.90 Å². The van der Waals surface area contributed by atoms with Crippen LogP contribution in [0.5, 0.6) is 0 Å². The number of halogens is 3. The fourth-order valence-corrected chi connectivity index (χ4v) is 1.69. The lowest BCUT2D eigenvalue weighted by Gasteiger charge is -2.34. The highest BCUT2D eigenvalue weighted by Crippen LogP contribution is 2.19. The number of hydrogen-bond acceptors (Lipinski definition) is 3. The Labute approximate surface area is 101 Å². The minimum Gasteiger partial charge on any atom is -0.390 e. The van der Waals surface area contributed by atoms with E-state index in [0.717, 1.165) is 12.1 Å². The number of aliphatic hydroxyl groups excluding tert-OH is 1. The van der Waals surface area contributed by atoms with E-state index in [9.17, 15) is 18.0 Å². The van der Waals surface area contributed by atoms with Gasteiger partial charge in [-0.3, -0.25) is 9.69 Å². The molecule has 0 radical (unpaired) electrons. The fourth-order valence-electron chi connectivity index (χ4n) is 1.69. The van der Waals surface area contributed by atoms with Crippen molar-refractivity contribution in [3.8, 4) is 0 Å². The molecule has 2 N–H and O–H groups in total. The van der Waals surface area contributed by atoms with Crippen LogP contribution < -0.4 is 5.32 Å². The monoisotopic (exact) mass is 260 g/mol. The summed E-state index contributed by atoms with van der Waals surface area (Å²) >= 11 is 0. The molecule has 0 saturated carbocycles. The van der Waals surface area contributed by atoms with Gasteiger partial charge in [0.1, 0.15) is 0 Å². The van der Waals surface area contributed by atoms with E-state index in [1.807, 2.05) is 0 Å². The van der Waals surface area contributed by atoms with Gasteiger partial charge in [0.05, 0.1) is 18.3 Å². The van der Waals surface area contributed by atoms with Crippen LogP contribution >= 0.6 is 0 Å². The molecule has 98 valence electrons. The maximum absolute atomic E-state index is 13.2. The Morgan fingerprint density at radius 3 is 2.61 bits per heavy atom. The van der Waals surface area contributed by atoms with Gasteiger partial charge in [-0.05, 0) is 12.1 Å². The molecule has 18 heavy (non-hydrogen) atoms. The van der Waals surface area contributed by atoms with Gasteiger partial charge in [0.25, 0.3) is 0 Å². The average molecular weight is 260 g/mol. The first-order chi connectivity index (χ1) is 8.47. The molecule has 4 nitrogen and oxygen atoms in total. The molecule has 1 heterocycles. The highest BCUT2D eigenvalue weighted by Gasteiger charge is 2.26. The van der Waals surface area contributed by atoms with Gasteiger partial charge in [0, 0.05) is 13.1 Å². The Morgan fingerprint density at radius 1 is 1.33 bits per heavy atom. The number of nitrogens with zero attached hydrogens (tertiary/aromatic N) is 1. The number of benzene rings is 1. The third kappa shape index (κ3) is 2.62. The Morgan fingerprint density at radius 2 is 2.00 bits per heavy atom. The summed E-state index contributed by atoms with van der Waals surface area (Å²) in [6, 6.07) is 1.69. The molecule has 0 atom stereocenters. The molecular weight excluding hydrogens is 249 g/mol. The lowest BCUT2D eigenvalue weighted by molar-refractivity contribution is -0.119. The average Bonchev–Trinajstić information content (AvgIpc) is 2.28. The molecule has 2 rings (SSSR count). The van der Waals surface area contributed by atoms with Gasteiger partial charge >= 0.3 is 0 Å². The second-order valence-electron chi connectivity index (χ2n) is 4.12. The first-order valence-corrected chi connectivity index (χ1v) is 5.31. The van der Waals surface area contributed by atoms with Gasteiger partial charge in [-0.2, -0.15) is 0 Å². The zero-order chi connectivity index (χ0) is 13.3. The van der Waals surface area contributed by atoms with Crippen molar-refractivity contribution in [2.24, 2.45) is 0 Å². The van der Waals surface area contributed by atoms with E-state index in [2.05, 4.69) is 5.32 Å². The first kappa shape index (κ1) is 12.8. The number of carbonyl (C=O) groups is 1. The van der Waals surface area contributed by atoms with E-state index in [1.165, 1.54) is 0 Å². The van der Waals surface area contributed by atoms with E-state index in [4.69, 9.17) is 5.11 Å². The Hall–Kier alpha value is -1.60. The molecule has 1 amide bonds. The summed E-state index contributed by atoms with van der Waals surface area (Å²) in [6.45, 7) is 0.705. The predicted molar refractivity (Wildman–Crippen MR) is 57.4 cm³/mol. The summed E-state index contributed by atoms with van der Waals surface area (Å²) in [6.07, 6.45) is -0.446. The summed E-state index contributed by atoms with van der Waals surface area (Å²) in [7, 11) is 0. The van der Waals surface area contributed by atoms with Gasteiger partial charge in [-0.25, -0.2) is 13.2 Å². The standard InChI is InChI=1S/C11H11F3N2O2/c12-7-1-2-8(11(14)10(7)13)15-9(18)5-16-3-6(17)4-16/h1-2,6,17H,3-5H2,(H,15,18). The number of amides is 1. The molecule has 1 aromatic rings. The Bertz CT molecular complexity index is 476. The smallest absolute Gasteiger partial charge is 0.238 e. The summed E-state index contributed by atoms with van der Waals surface area (Å²) in [5, 5.41) is 11.2. The molecule has 1 fully saturated rings. The first-order valence-electron chi connectivity index (χ1n) is 5.31. The highest BCUT2D eigenvalue weighted by atomic mass is 19.2. The lowest BCUT2D eigenvalue weighted by atomic mass is 10.2. The largest absolute Gasteiger partial charge is 0.390 e. The third-order valence-corrected chi connectivity index (χ3v) is 2.61. The Balaban J connectivity index is 1.97. The molecule has 0 aliphatic carbocycles. The number of nitrogens with one attached hydrogen (secondary N) is 1. The number of carbonyl (C=O) groups excluding carboxylic acids is 1. The molecule has 1 saturated heterocycles. The van der Waals surface area contributed by atoms with Crippen molar-refractivity contribution >= 4 is 11.6 Å². The van der Waals surface area contributed by atoms with Crippen LogP contribution in [0.15, 0.2) is 12.1 Å². The normalized spacial score (nSPS) is 16.4. The molecule has 1 aliphatic rings. The topological polar surface area (TPSA) is 52.6 Å². The SMILES string of the molecule is O=C(CN1CC(O)C1)Nc1ccc(F)c(F)c1F. The van der Waals surface area contributed by atoms with E-state index < -0.39 is 35.2 Å². The van der Waals surface area contributed by atoms with Gasteiger partial charge in [0.2, 0.25) is 5.91 Å². The number of likely N-dealkylation sites (tertiary alicyclic amines) is 1. The van der Waals surface area contributed by atoms with E-state index in [1.54, 1.807) is 4.90 Å². The van der Waals surface area contributed by atoms with Crippen LogP contribution in [-0.4, -0.2) is 41.7 Å². The highest BCUT2D eigenvalue weighted by molar-refractivity contribution is 5.92. The van der Waals surface area contributed by atoms with Crippen molar-refractivity contribution in [1.29, 1.82) is 0 Å². The maximum atomic E-state index is 13.2. The summed E-state index contributed by atoms with van der Waals surface area (Å²) in [5.74, 6) is -4.90. The molecule has 0 bridgehead atoms. The van der Waals surface area contributed by atoms with Crippen LogP contribution in [0.4, 0.5) is 18.9 Å². The molecule has 1 aromatic carbocycles.